The molecule has 166 valence electrons. The van der Waals surface area contributed by atoms with E-state index in [1.165, 1.54) is 22.4 Å². The summed E-state index contributed by atoms with van der Waals surface area (Å²) in [6, 6.07) is 17.4. The fraction of sp³-hybridized carbons (Fsp3) is 0.357. The van der Waals surface area contributed by atoms with Gasteiger partial charge in [-0.25, -0.2) is 0 Å². The monoisotopic (exact) mass is 427 g/mol. The summed E-state index contributed by atoms with van der Waals surface area (Å²) in [7, 11) is 0. The van der Waals surface area contributed by atoms with Crippen molar-refractivity contribution < 1.29 is 4.74 Å². The van der Waals surface area contributed by atoms with Gasteiger partial charge in [-0.05, 0) is 41.2 Å². The molecule has 4 heteroatoms. The number of nitrogens with zero attached hydrogens (tertiary/aromatic N) is 2. The Bertz CT molecular complexity index is 1070. The highest BCUT2D eigenvalue weighted by Gasteiger charge is 2.28. The number of ether oxygens (including phenoxy) is 1. The zero-order valence-corrected chi connectivity index (χ0v) is 19.4. The van der Waals surface area contributed by atoms with Crippen LogP contribution < -0.4 is 15.0 Å². The molecule has 1 N–H and O–H groups in total. The molecule has 0 spiro atoms. The van der Waals surface area contributed by atoms with E-state index < -0.39 is 0 Å². The molecular weight excluding hydrogens is 394 g/mol. The van der Waals surface area contributed by atoms with E-state index in [1.54, 1.807) is 0 Å². The average Bonchev–Trinajstić information content (AvgIpc) is 2.95. The lowest BCUT2D eigenvalue weighted by Gasteiger charge is -2.33. The van der Waals surface area contributed by atoms with E-state index in [4.69, 9.17) is 4.74 Å². The van der Waals surface area contributed by atoms with Crippen molar-refractivity contribution in [3.05, 3.63) is 95.0 Å². The lowest BCUT2D eigenvalue weighted by atomic mass is 9.86. The molecule has 2 aromatic rings. The second-order valence-corrected chi connectivity index (χ2v) is 9.86. The SMILES string of the molecule is CC(C)(C)c1ccc2c(c1)N(Cc1ccccc1)C=C1CC=CC(N3CCNCC3)=C1O2. The van der Waals surface area contributed by atoms with Crippen molar-refractivity contribution in [2.45, 2.75) is 39.2 Å². The van der Waals surface area contributed by atoms with Crippen LogP contribution in [0, 0.1) is 0 Å². The smallest absolute Gasteiger partial charge is 0.155 e. The minimum Gasteiger partial charge on any atom is -0.453 e. The number of benzene rings is 2. The van der Waals surface area contributed by atoms with Gasteiger partial charge in [0.15, 0.2) is 11.5 Å². The highest BCUT2D eigenvalue weighted by atomic mass is 16.5. The van der Waals surface area contributed by atoms with Crippen LogP contribution in [-0.2, 0) is 12.0 Å². The van der Waals surface area contributed by atoms with Gasteiger partial charge in [-0.3, -0.25) is 0 Å². The molecule has 5 rings (SSSR count). The summed E-state index contributed by atoms with van der Waals surface area (Å²) in [6.07, 6.45) is 7.71. The van der Waals surface area contributed by atoms with Crippen LogP contribution in [0.15, 0.2) is 83.9 Å². The Kier molecular flexibility index (Phi) is 5.56. The maximum Gasteiger partial charge on any atom is 0.155 e. The van der Waals surface area contributed by atoms with Gasteiger partial charge < -0.3 is 19.9 Å². The highest BCUT2D eigenvalue weighted by molar-refractivity contribution is 5.66. The minimum atomic E-state index is 0.0758. The van der Waals surface area contributed by atoms with Crippen LogP contribution in [0.2, 0.25) is 0 Å². The second kappa shape index (κ2) is 8.51. The van der Waals surface area contributed by atoms with Crippen LogP contribution in [0.1, 0.15) is 38.3 Å². The summed E-state index contributed by atoms with van der Waals surface area (Å²) >= 11 is 0. The van der Waals surface area contributed by atoms with E-state index in [2.05, 4.69) is 103 Å². The van der Waals surface area contributed by atoms with Gasteiger partial charge in [0.2, 0.25) is 0 Å². The van der Waals surface area contributed by atoms with Crippen molar-refractivity contribution in [3.8, 4) is 5.75 Å². The Morgan fingerprint density at radius 2 is 1.78 bits per heavy atom. The number of nitrogens with one attached hydrogen (secondary N) is 1. The first-order valence-electron chi connectivity index (χ1n) is 11.7. The third kappa shape index (κ3) is 4.20. The van der Waals surface area contributed by atoms with E-state index in [1.807, 2.05) is 0 Å². The molecule has 0 amide bonds. The van der Waals surface area contributed by atoms with Gasteiger partial charge in [0.1, 0.15) is 0 Å². The van der Waals surface area contributed by atoms with E-state index >= 15 is 0 Å². The van der Waals surface area contributed by atoms with E-state index in [9.17, 15) is 0 Å². The van der Waals surface area contributed by atoms with Crippen molar-refractivity contribution >= 4 is 5.69 Å². The molecular formula is C28H33N3O. The molecule has 0 radical (unpaired) electrons. The molecule has 0 aromatic heterocycles. The molecule has 1 fully saturated rings. The molecule has 3 aliphatic rings. The first kappa shape index (κ1) is 20.9. The van der Waals surface area contributed by atoms with Gasteiger partial charge in [0, 0.05) is 44.5 Å². The number of fused-ring (bicyclic) bond motifs is 2. The Labute approximate surface area is 191 Å². The highest BCUT2D eigenvalue weighted by Crippen LogP contribution is 2.41. The summed E-state index contributed by atoms with van der Waals surface area (Å²) in [5.74, 6) is 1.94. The number of hydrogen-bond acceptors (Lipinski definition) is 4. The molecule has 0 atom stereocenters. The minimum absolute atomic E-state index is 0.0758. The molecule has 4 nitrogen and oxygen atoms in total. The van der Waals surface area contributed by atoms with Crippen molar-refractivity contribution in [1.82, 2.24) is 10.2 Å². The maximum absolute atomic E-state index is 6.72. The number of allylic oxidation sites excluding steroid dienone is 3. The summed E-state index contributed by atoms with van der Waals surface area (Å²) < 4.78 is 6.72. The molecule has 0 saturated carbocycles. The van der Waals surface area contributed by atoms with Gasteiger partial charge in [0.25, 0.3) is 0 Å². The zero-order valence-electron chi connectivity index (χ0n) is 19.4. The lowest BCUT2D eigenvalue weighted by Crippen LogP contribution is -2.43. The first-order chi connectivity index (χ1) is 15.5. The topological polar surface area (TPSA) is 27.7 Å². The largest absolute Gasteiger partial charge is 0.453 e. The van der Waals surface area contributed by atoms with Crippen LogP contribution in [-0.4, -0.2) is 31.1 Å². The quantitative estimate of drug-likeness (QED) is 0.715. The third-order valence-corrected chi connectivity index (χ3v) is 6.45. The Morgan fingerprint density at radius 1 is 1.00 bits per heavy atom. The van der Waals surface area contributed by atoms with Gasteiger partial charge in [-0.1, -0.05) is 63.2 Å². The van der Waals surface area contributed by atoms with E-state index in [-0.39, 0.29) is 5.41 Å². The number of anilines is 1. The van der Waals surface area contributed by atoms with Gasteiger partial charge in [0.05, 0.1) is 11.4 Å². The van der Waals surface area contributed by atoms with Crippen LogP contribution in [0.5, 0.6) is 5.75 Å². The molecule has 1 aliphatic carbocycles. The van der Waals surface area contributed by atoms with Gasteiger partial charge >= 0.3 is 0 Å². The zero-order chi connectivity index (χ0) is 22.1. The molecule has 2 heterocycles. The van der Waals surface area contributed by atoms with Crippen LogP contribution in [0.25, 0.3) is 0 Å². The van der Waals surface area contributed by atoms with Crippen molar-refractivity contribution in [1.29, 1.82) is 0 Å². The Morgan fingerprint density at radius 3 is 2.53 bits per heavy atom. The van der Waals surface area contributed by atoms with E-state index in [0.29, 0.717) is 0 Å². The average molecular weight is 428 g/mol. The van der Waals surface area contributed by atoms with Crippen LogP contribution >= 0.6 is 0 Å². The Balaban J connectivity index is 1.62. The fourth-order valence-corrected chi connectivity index (χ4v) is 4.59. The summed E-state index contributed by atoms with van der Waals surface area (Å²) in [5, 5.41) is 3.46. The molecule has 2 aliphatic heterocycles. The van der Waals surface area contributed by atoms with Crippen molar-refractivity contribution in [3.63, 3.8) is 0 Å². The standard InChI is InChI=1S/C28H33N3O/c1-28(2,3)23-12-13-26-25(18-23)31(19-21-8-5-4-6-9-21)20-22-10-7-11-24(27(22)32-26)30-16-14-29-15-17-30/h4-9,11-13,18,20,29H,10,14-17,19H2,1-3H3. The normalized spacial score (nSPS) is 18.5. The predicted octanol–water partition coefficient (Wildman–Crippen LogP) is 5.34. The third-order valence-electron chi connectivity index (χ3n) is 6.45. The molecule has 1 saturated heterocycles. The van der Waals surface area contributed by atoms with E-state index in [0.717, 1.165) is 56.3 Å². The number of piperazine rings is 1. The summed E-state index contributed by atoms with van der Waals surface area (Å²) in [4.78, 5) is 4.82. The summed E-state index contributed by atoms with van der Waals surface area (Å²) in [6.45, 7) is 11.6. The second-order valence-electron chi connectivity index (χ2n) is 9.86. The predicted molar refractivity (Wildman–Crippen MR) is 132 cm³/mol. The molecule has 32 heavy (non-hydrogen) atoms. The van der Waals surface area contributed by atoms with Gasteiger partial charge in [-0.2, -0.15) is 0 Å². The lowest BCUT2D eigenvalue weighted by molar-refractivity contribution is 0.288. The Hall–Kier alpha value is -2.98. The van der Waals surface area contributed by atoms with Crippen LogP contribution in [0.4, 0.5) is 5.69 Å². The van der Waals surface area contributed by atoms with Crippen molar-refractivity contribution in [2.75, 3.05) is 31.1 Å². The molecule has 0 unspecified atom stereocenters. The fourth-order valence-electron chi connectivity index (χ4n) is 4.59. The molecule has 0 bridgehead atoms. The summed E-state index contributed by atoms with van der Waals surface area (Å²) in [5.41, 5.74) is 6.26. The van der Waals surface area contributed by atoms with Crippen LogP contribution in [0.3, 0.4) is 0 Å². The first-order valence-corrected chi connectivity index (χ1v) is 11.7. The maximum atomic E-state index is 6.72. The van der Waals surface area contributed by atoms with Crippen molar-refractivity contribution in [2.24, 2.45) is 0 Å². The molecule has 2 aromatic carbocycles. The van der Waals surface area contributed by atoms with Gasteiger partial charge in [-0.15, -0.1) is 0 Å². The number of hydrogen-bond donors (Lipinski definition) is 1. The number of rotatable bonds is 3.